The predicted octanol–water partition coefficient (Wildman–Crippen LogP) is 4.09. The van der Waals surface area contributed by atoms with Gasteiger partial charge in [-0.1, -0.05) is 48.5 Å². The highest BCUT2D eigenvalue weighted by Crippen LogP contribution is 2.31. The molecule has 3 aromatic rings. The normalized spacial score (nSPS) is 13.5. The van der Waals surface area contributed by atoms with Gasteiger partial charge in [0.1, 0.15) is 5.75 Å². The number of rotatable bonds is 5. The second-order valence-electron chi connectivity index (χ2n) is 7.35. The number of amides is 1. The lowest BCUT2D eigenvalue weighted by Gasteiger charge is -2.28. The van der Waals surface area contributed by atoms with Crippen molar-refractivity contribution in [2.24, 2.45) is 0 Å². The first-order valence-electron chi connectivity index (χ1n) is 9.75. The minimum Gasteiger partial charge on any atom is -0.484 e. The molecule has 0 spiro atoms. The van der Waals surface area contributed by atoms with Crippen LogP contribution in [0, 0.1) is 0 Å². The molecule has 0 bridgehead atoms. The number of hydrogen-bond donors (Lipinski definition) is 0. The number of nitrogens with zero attached hydrogens (tertiary/aromatic N) is 3. The Morgan fingerprint density at radius 3 is 2.43 bits per heavy atom. The number of hydrogen-bond acceptors (Lipinski definition) is 3. The van der Waals surface area contributed by atoms with Crippen LogP contribution in [-0.2, 0) is 17.8 Å². The van der Waals surface area contributed by atoms with Gasteiger partial charge in [0.25, 0.3) is 5.91 Å². The quantitative estimate of drug-likeness (QED) is 0.675. The van der Waals surface area contributed by atoms with E-state index >= 15 is 0 Å². The fraction of sp³-hybridized carbons (Fsp3) is 0.304. The zero-order chi connectivity index (χ0) is 19.5. The van der Waals surface area contributed by atoms with Gasteiger partial charge >= 0.3 is 0 Å². The Bertz CT molecular complexity index is 949. The summed E-state index contributed by atoms with van der Waals surface area (Å²) in [6.45, 7) is 5.61. The largest absolute Gasteiger partial charge is 0.484 e. The summed E-state index contributed by atoms with van der Waals surface area (Å²) >= 11 is 0. The molecule has 1 aromatic heterocycles. The number of benzene rings is 2. The van der Waals surface area contributed by atoms with Gasteiger partial charge in [-0.3, -0.25) is 9.48 Å². The van der Waals surface area contributed by atoms with Crippen LogP contribution in [0.25, 0.3) is 11.3 Å². The second kappa shape index (κ2) is 7.89. The average Bonchev–Trinajstić information content (AvgIpc) is 3.12. The fourth-order valence-corrected chi connectivity index (χ4v) is 3.67. The van der Waals surface area contributed by atoms with Crippen LogP contribution in [0.5, 0.6) is 5.75 Å². The molecule has 5 nitrogen and oxygen atoms in total. The molecular formula is C23H25N3O2. The Labute approximate surface area is 165 Å². The van der Waals surface area contributed by atoms with Crippen molar-refractivity contribution in [2.75, 3.05) is 13.2 Å². The van der Waals surface area contributed by atoms with E-state index in [-0.39, 0.29) is 18.6 Å². The molecule has 1 aliphatic heterocycles. The van der Waals surface area contributed by atoms with Crippen LogP contribution in [0.15, 0.2) is 60.7 Å². The standard InChI is InChI=1S/C23H25N3O2/c1-17(2)26-21-13-14-25(22(27)16-28-19-11-7-4-8-12-19)15-20(21)23(24-26)18-9-5-3-6-10-18/h3-12,17H,13-16H2,1-2H3. The summed E-state index contributed by atoms with van der Waals surface area (Å²) in [6, 6.07) is 20.0. The topological polar surface area (TPSA) is 47.4 Å². The van der Waals surface area contributed by atoms with Gasteiger partial charge in [-0.25, -0.2) is 0 Å². The maximum Gasteiger partial charge on any atom is 0.260 e. The molecule has 1 amide bonds. The smallest absolute Gasteiger partial charge is 0.260 e. The highest BCUT2D eigenvalue weighted by atomic mass is 16.5. The lowest BCUT2D eigenvalue weighted by atomic mass is 10.0. The number of ether oxygens (including phenoxy) is 1. The molecule has 5 heteroatoms. The van der Waals surface area contributed by atoms with Crippen molar-refractivity contribution in [3.05, 3.63) is 71.9 Å². The fourth-order valence-electron chi connectivity index (χ4n) is 3.67. The Kier molecular flexibility index (Phi) is 5.15. The number of fused-ring (bicyclic) bond motifs is 1. The first-order valence-corrected chi connectivity index (χ1v) is 9.75. The molecule has 2 aromatic carbocycles. The van der Waals surface area contributed by atoms with Gasteiger partial charge in [0, 0.05) is 42.4 Å². The van der Waals surface area contributed by atoms with Crippen molar-refractivity contribution in [3.8, 4) is 17.0 Å². The third kappa shape index (κ3) is 3.65. The summed E-state index contributed by atoms with van der Waals surface area (Å²) in [6.07, 6.45) is 0.810. The molecule has 4 rings (SSSR count). The number of aromatic nitrogens is 2. The lowest BCUT2D eigenvalue weighted by molar-refractivity contribution is -0.134. The van der Waals surface area contributed by atoms with Crippen molar-refractivity contribution in [1.29, 1.82) is 0 Å². The summed E-state index contributed by atoms with van der Waals surface area (Å²) in [5, 5.41) is 4.90. The third-order valence-corrected chi connectivity index (χ3v) is 5.08. The third-order valence-electron chi connectivity index (χ3n) is 5.08. The van der Waals surface area contributed by atoms with Crippen molar-refractivity contribution in [1.82, 2.24) is 14.7 Å². The average molecular weight is 375 g/mol. The Hall–Kier alpha value is -3.08. The van der Waals surface area contributed by atoms with Gasteiger partial charge in [-0.2, -0.15) is 5.10 Å². The van der Waals surface area contributed by atoms with Gasteiger partial charge in [-0.05, 0) is 26.0 Å². The van der Waals surface area contributed by atoms with E-state index in [1.165, 1.54) is 5.69 Å². The van der Waals surface area contributed by atoms with Crippen LogP contribution >= 0.6 is 0 Å². The van der Waals surface area contributed by atoms with Crippen molar-refractivity contribution in [3.63, 3.8) is 0 Å². The molecule has 0 unspecified atom stereocenters. The maximum absolute atomic E-state index is 12.7. The summed E-state index contributed by atoms with van der Waals surface area (Å²) in [4.78, 5) is 14.6. The molecule has 28 heavy (non-hydrogen) atoms. The molecule has 1 aliphatic rings. The van der Waals surface area contributed by atoms with Crippen LogP contribution in [0.1, 0.15) is 31.1 Å². The van der Waals surface area contributed by atoms with E-state index in [0.29, 0.717) is 18.8 Å². The second-order valence-corrected chi connectivity index (χ2v) is 7.35. The van der Waals surface area contributed by atoms with Crippen molar-refractivity contribution in [2.45, 2.75) is 32.9 Å². The van der Waals surface area contributed by atoms with Crippen molar-refractivity contribution >= 4 is 5.91 Å². The van der Waals surface area contributed by atoms with Gasteiger partial charge < -0.3 is 9.64 Å². The predicted molar refractivity (Wildman–Crippen MR) is 109 cm³/mol. The van der Waals surface area contributed by atoms with Gasteiger partial charge in [0.2, 0.25) is 0 Å². The van der Waals surface area contributed by atoms with Crippen LogP contribution in [0.2, 0.25) is 0 Å². The number of carbonyl (C=O) groups is 1. The summed E-state index contributed by atoms with van der Waals surface area (Å²) in [5.74, 6) is 0.719. The molecule has 0 saturated carbocycles. The monoisotopic (exact) mass is 375 g/mol. The van der Waals surface area contributed by atoms with Gasteiger partial charge in [-0.15, -0.1) is 0 Å². The Balaban J connectivity index is 1.56. The van der Waals surface area contributed by atoms with Gasteiger partial charge in [0.05, 0.1) is 5.69 Å². The summed E-state index contributed by atoms with van der Waals surface area (Å²) in [5.41, 5.74) is 4.46. The highest BCUT2D eigenvalue weighted by molar-refractivity contribution is 5.78. The highest BCUT2D eigenvalue weighted by Gasteiger charge is 2.28. The van der Waals surface area contributed by atoms with Crippen LogP contribution in [-0.4, -0.2) is 33.7 Å². The van der Waals surface area contributed by atoms with E-state index in [4.69, 9.17) is 9.84 Å². The molecule has 0 fully saturated rings. The van der Waals surface area contributed by atoms with Crippen LogP contribution < -0.4 is 4.74 Å². The summed E-state index contributed by atoms with van der Waals surface area (Å²) in [7, 11) is 0. The zero-order valence-electron chi connectivity index (χ0n) is 16.3. The van der Waals surface area contributed by atoms with E-state index in [0.717, 1.165) is 23.2 Å². The van der Waals surface area contributed by atoms with E-state index in [9.17, 15) is 4.79 Å². The van der Waals surface area contributed by atoms with E-state index in [2.05, 4.69) is 30.7 Å². The molecule has 144 valence electrons. The lowest BCUT2D eigenvalue weighted by Crippen LogP contribution is -2.39. The van der Waals surface area contributed by atoms with E-state index in [1.54, 1.807) is 0 Å². The molecule has 0 atom stereocenters. The maximum atomic E-state index is 12.7. The molecular weight excluding hydrogens is 350 g/mol. The van der Waals surface area contributed by atoms with Crippen molar-refractivity contribution < 1.29 is 9.53 Å². The first-order chi connectivity index (χ1) is 13.6. The SMILES string of the molecule is CC(C)n1nc(-c2ccccc2)c2c1CCN(C(=O)COc1ccccc1)C2. The minimum atomic E-state index is 0.00538. The molecule has 0 N–H and O–H groups in total. The zero-order valence-corrected chi connectivity index (χ0v) is 16.3. The minimum absolute atomic E-state index is 0.00538. The Morgan fingerprint density at radius 1 is 1.07 bits per heavy atom. The first kappa shape index (κ1) is 18.3. The Morgan fingerprint density at radius 2 is 1.75 bits per heavy atom. The van der Waals surface area contributed by atoms with E-state index < -0.39 is 0 Å². The van der Waals surface area contributed by atoms with E-state index in [1.807, 2.05) is 53.4 Å². The molecule has 0 saturated heterocycles. The molecule has 2 heterocycles. The molecule has 0 aliphatic carbocycles. The molecule has 0 radical (unpaired) electrons. The summed E-state index contributed by atoms with van der Waals surface area (Å²) < 4.78 is 7.77. The number of para-hydroxylation sites is 1. The van der Waals surface area contributed by atoms with Crippen LogP contribution in [0.3, 0.4) is 0 Å². The van der Waals surface area contributed by atoms with Crippen LogP contribution in [0.4, 0.5) is 0 Å². The number of carbonyl (C=O) groups excluding carboxylic acids is 1. The van der Waals surface area contributed by atoms with Gasteiger partial charge in [0.15, 0.2) is 6.61 Å².